The largest absolute Gasteiger partial charge is 0.364 e. The van der Waals surface area contributed by atoms with E-state index < -0.39 is 0 Å². The number of pyridine rings is 1. The number of hydrogen-bond acceptors (Lipinski definition) is 3. The highest BCUT2D eigenvalue weighted by molar-refractivity contribution is 9.10. The molecule has 18 heavy (non-hydrogen) atoms. The van der Waals surface area contributed by atoms with E-state index in [1.165, 1.54) is 24.1 Å². The average Bonchev–Trinajstić information content (AvgIpc) is 2.88. The number of rotatable bonds is 3. The van der Waals surface area contributed by atoms with Crippen molar-refractivity contribution < 1.29 is 0 Å². The zero-order valence-corrected chi connectivity index (χ0v) is 12.8. The second kappa shape index (κ2) is 5.19. The first-order valence-corrected chi connectivity index (χ1v) is 7.86. The topological polar surface area (TPSA) is 24.9 Å². The molecule has 0 bridgehead atoms. The first kappa shape index (κ1) is 12.5. The normalized spacial score (nSPS) is 13.7. The van der Waals surface area contributed by atoms with Gasteiger partial charge in [0.15, 0.2) is 0 Å². The van der Waals surface area contributed by atoms with E-state index >= 15 is 0 Å². The molecule has 0 spiro atoms. The van der Waals surface area contributed by atoms with Crippen LogP contribution < -0.4 is 5.32 Å². The first-order chi connectivity index (χ1) is 8.72. The van der Waals surface area contributed by atoms with E-state index in [-0.39, 0.29) is 0 Å². The van der Waals surface area contributed by atoms with Crippen LogP contribution in [0.2, 0.25) is 5.02 Å². The van der Waals surface area contributed by atoms with Crippen LogP contribution in [0.15, 0.2) is 22.8 Å². The van der Waals surface area contributed by atoms with Gasteiger partial charge in [-0.25, -0.2) is 4.98 Å². The molecule has 0 radical (unpaired) electrons. The van der Waals surface area contributed by atoms with E-state index in [4.69, 9.17) is 11.6 Å². The Morgan fingerprint density at radius 3 is 3.06 bits per heavy atom. The second-order valence-electron chi connectivity index (χ2n) is 4.35. The Morgan fingerprint density at radius 2 is 2.28 bits per heavy atom. The van der Waals surface area contributed by atoms with Crippen LogP contribution in [0.25, 0.3) is 0 Å². The Hall–Kier alpha value is -0.580. The van der Waals surface area contributed by atoms with Gasteiger partial charge < -0.3 is 5.32 Å². The molecule has 2 aromatic heterocycles. The van der Waals surface area contributed by atoms with Crippen LogP contribution in [0.5, 0.6) is 0 Å². The summed E-state index contributed by atoms with van der Waals surface area (Å²) in [6, 6.07) is 4.18. The van der Waals surface area contributed by atoms with Gasteiger partial charge in [0.1, 0.15) is 5.82 Å². The molecule has 1 N–H and O–H groups in total. The maximum absolute atomic E-state index is 5.87. The molecule has 94 valence electrons. The molecule has 1 aliphatic carbocycles. The lowest BCUT2D eigenvalue weighted by atomic mass is 10.2. The van der Waals surface area contributed by atoms with Crippen molar-refractivity contribution in [3.05, 3.63) is 43.1 Å². The predicted molar refractivity (Wildman–Crippen MR) is 80.6 cm³/mol. The molecule has 1 aliphatic rings. The van der Waals surface area contributed by atoms with E-state index in [0.29, 0.717) is 5.02 Å². The SMILES string of the molecule is Clc1cnc(NCc2cc3c(s2)CCC3)c(Br)c1. The zero-order valence-electron chi connectivity index (χ0n) is 9.67. The highest BCUT2D eigenvalue weighted by Gasteiger charge is 2.14. The van der Waals surface area contributed by atoms with Crippen molar-refractivity contribution in [2.24, 2.45) is 0 Å². The molecule has 0 saturated carbocycles. The Kier molecular flexibility index (Phi) is 3.59. The number of nitrogens with one attached hydrogen (secondary N) is 1. The molecule has 0 fully saturated rings. The molecule has 2 nitrogen and oxygen atoms in total. The molecular weight excluding hydrogens is 332 g/mol. The van der Waals surface area contributed by atoms with Crippen molar-refractivity contribution in [1.82, 2.24) is 4.98 Å². The summed E-state index contributed by atoms with van der Waals surface area (Å²) in [6.07, 6.45) is 5.47. The monoisotopic (exact) mass is 342 g/mol. The summed E-state index contributed by atoms with van der Waals surface area (Å²) in [5, 5.41) is 3.98. The lowest BCUT2D eigenvalue weighted by Crippen LogP contribution is -2.00. The zero-order chi connectivity index (χ0) is 12.5. The van der Waals surface area contributed by atoms with Gasteiger partial charge in [-0.05, 0) is 52.9 Å². The summed E-state index contributed by atoms with van der Waals surface area (Å²) in [5.41, 5.74) is 1.54. The number of aryl methyl sites for hydroxylation is 2. The Bertz CT molecular complexity index is 561. The molecule has 3 rings (SSSR count). The molecule has 0 amide bonds. The second-order valence-corrected chi connectivity index (χ2v) is 6.86. The Balaban J connectivity index is 1.70. The van der Waals surface area contributed by atoms with Crippen molar-refractivity contribution in [3.63, 3.8) is 0 Å². The molecule has 2 aromatic rings. The highest BCUT2D eigenvalue weighted by atomic mass is 79.9. The maximum atomic E-state index is 5.87. The summed E-state index contributed by atoms with van der Waals surface area (Å²) in [5.74, 6) is 0.841. The van der Waals surface area contributed by atoms with Crippen molar-refractivity contribution in [3.8, 4) is 0 Å². The molecule has 5 heteroatoms. The lowest BCUT2D eigenvalue weighted by molar-refractivity contribution is 0.913. The molecule has 0 aliphatic heterocycles. The standard InChI is InChI=1S/C13H12BrClN2S/c14-11-5-9(15)6-16-13(11)17-7-10-4-8-2-1-3-12(8)18-10/h4-6H,1-3,7H2,(H,16,17). The Morgan fingerprint density at radius 1 is 1.39 bits per heavy atom. The van der Waals surface area contributed by atoms with Crippen molar-refractivity contribution in [2.75, 3.05) is 5.32 Å². The minimum Gasteiger partial charge on any atom is -0.364 e. The van der Waals surface area contributed by atoms with E-state index in [1.807, 2.05) is 17.4 Å². The van der Waals surface area contributed by atoms with Gasteiger partial charge in [0.25, 0.3) is 0 Å². The number of hydrogen-bond donors (Lipinski definition) is 1. The summed E-state index contributed by atoms with van der Waals surface area (Å²) in [4.78, 5) is 7.21. The fourth-order valence-electron chi connectivity index (χ4n) is 2.19. The number of anilines is 1. The van der Waals surface area contributed by atoms with E-state index in [0.717, 1.165) is 16.8 Å². The van der Waals surface area contributed by atoms with Crippen molar-refractivity contribution in [1.29, 1.82) is 0 Å². The van der Waals surface area contributed by atoms with Gasteiger partial charge in [0, 0.05) is 16.0 Å². The van der Waals surface area contributed by atoms with Crippen LogP contribution in [-0.4, -0.2) is 4.98 Å². The van der Waals surface area contributed by atoms with E-state index in [2.05, 4.69) is 32.3 Å². The van der Waals surface area contributed by atoms with Gasteiger partial charge in [0.05, 0.1) is 16.0 Å². The van der Waals surface area contributed by atoms with Crippen LogP contribution in [0, 0.1) is 0 Å². The third kappa shape index (κ3) is 2.56. The fourth-order valence-corrected chi connectivity index (χ4v) is 4.17. The number of fused-ring (bicyclic) bond motifs is 1. The quantitative estimate of drug-likeness (QED) is 0.876. The Labute approximate surface area is 124 Å². The average molecular weight is 344 g/mol. The minimum atomic E-state index is 0.641. The number of thiophene rings is 1. The van der Waals surface area contributed by atoms with Crippen LogP contribution in [0.1, 0.15) is 21.7 Å². The molecule has 2 heterocycles. The molecular formula is C13H12BrClN2S. The predicted octanol–water partition coefficient (Wildman–Crippen LogP) is 4.66. The third-order valence-corrected chi connectivity index (χ3v) is 5.08. The summed E-state index contributed by atoms with van der Waals surface area (Å²) in [6.45, 7) is 0.824. The van der Waals surface area contributed by atoms with Gasteiger partial charge in [-0.1, -0.05) is 11.6 Å². The van der Waals surface area contributed by atoms with Crippen molar-refractivity contribution >= 4 is 44.7 Å². The third-order valence-electron chi connectivity index (χ3n) is 3.04. The summed E-state index contributed by atoms with van der Waals surface area (Å²) in [7, 11) is 0. The van der Waals surface area contributed by atoms with Crippen LogP contribution in [-0.2, 0) is 19.4 Å². The lowest BCUT2D eigenvalue weighted by Gasteiger charge is -2.06. The maximum Gasteiger partial charge on any atom is 0.140 e. The number of aromatic nitrogens is 1. The summed E-state index contributed by atoms with van der Waals surface area (Å²) < 4.78 is 0.902. The van der Waals surface area contributed by atoms with Crippen LogP contribution >= 0.6 is 38.9 Å². The fraction of sp³-hybridized carbons (Fsp3) is 0.308. The van der Waals surface area contributed by atoms with Gasteiger partial charge in [-0.15, -0.1) is 11.3 Å². The van der Waals surface area contributed by atoms with Gasteiger partial charge >= 0.3 is 0 Å². The van der Waals surface area contributed by atoms with Crippen molar-refractivity contribution in [2.45, 2.75) is 25.8 Å². The van der Waals surface area contributed by atoms with Gasteiger partial charge in [-0.2, -0.15) is 0 Å². The van der Waals surface area contributed by atoms with Gasteiger partial charge in [-0.3, -0.25) is 0 Å². The molecule has 0 saturated heterocycles. The number of halogens is 2. The van der Waals surface area contributed by atoms with Gasteiger partial charge in [0.2, 0.25) is 0 Å². The molecule has 0 aromatic carbocycles. The number of nitrogens with zero attached hydrogens (tertiary/aromatic N) is 1. The molecule has 0 unspecified atom stereocenters. The minimum absolute atomic E-state index is 0.641. The first-order valence-electron chi connectivity index (χ1n) is 5.88. The van der Waals surface area contributed by atoms with Crippen LogP contribution in [0.4, 0.5) is 5.82 Å². The van der Waals surface area contributed by atoms with Crippen LogP contribution in [0.3, 0.4) is 0 Å². The molecule has 0 atom stereocenters. The van der Waals surface area contributed by atoms with E-state index in [1.54, 1.807) is 16.6 Å². The smallest absolute Gasteiger partial charge is 0.140 e. The van der Waals surface area contributed by atoms with E-state index in [9.17, 15) is 0 Å². The summed E-state index contributed by atoms with van der Waals surface area (Å²) >= 11 is 11.2. The highest BCUT2D eigenvalue weighted by Crippen LogP contribution is 2.31.